The number of carbonyl (C=O) groups is 1. The quantitative estimate of drug-likeness (QED) is 0.762. The molecular weight excluding hydrogens is 236 g/mol. The van der Waals surface area contributed by atoms with E-state index in [1.165, 1.54) is 31.6 Å². The van der Waals surface area contributed by atoms with E-state index in [0.29, 0.717) is 6.04 Å². The van der Waals surface area contributed by atoms with Gasteiger partial charge in [-0.25, -0.2) is 0 Å². The molecular formula is C16H22N2O. The fourth-order valence-corrected chi connectivity index (χ4v) is 3.43. The molecule has 0 radical (unpaired) electrons. The maximum atomic E-state index is 11.3. The summed E-state index contributed by atoms with van der Waals surface area (Å²) in [5.41, 5.74) is 2.06. The highest BCUT2D eigenvalue weighted by Gasteiger charge is 2.34. The van der Waals surface area contributed by atoms with E-state index in [4.69, 9.17) is 0 Å². The number of carbonyl (C=O) groups excluding carboxylic acids is 1. The Labute approximate surface area is 115 Å². The second-order valence-corrected chi connectivity index (χ2v) is 5.90. The highest BCUT2D eigenvalue weighted by molar-refractivity contribution is 5.94. The van der Waals surface area contributed by atoms with Gasteiger partial charge in [0.2, 0.25) is 0 Å². The summed E-state index contributed by atoms with van der Waals surface area (Å²) in [7, 11) is 0. The van der Waals surface area contributed by atoms with Gasteiger partial charge in [0.05, 0.1) is 0 Å². The summed E-state index contributed by atoms with van der Waals surface area (Å²) in [4.78, 5) is 16.5. The minimum atomic E-state index is 0.139. The summed E-state index contributed by atoms with van der Waals surface area (Å²) in [5.74, 6) is 0.139. The molecule has 3 nitrogen and oxygen atoms in total. The SMILES string of the molecule is CC(=O)c1ccc(N2CC3CCCN3CC2C)cc1. The van der Waals surface area contributed by atoms with E-state index in [1.54, 1.807) is 6.92 Å². The predicted octanol–water partition coefficient (Wildman–Crippen LogP) is 2.56. The largest absolute Gasteiger partial charge is 0.366 e. The molecule has 2 unspecified atom stereocenters. The molecule has 2 saturated heterocycles. The van der Waals surface area contributed by atoms with Gasteiger partial charge in [-0.05, 0) is 57.5 Å². The van der Waals surface area contributed by atoms with Crippen molar-refractivity contribution in [3.8, 4) is 0 Å². The standard InChI is InChI=1S/C16H22N2O/c1-12-10-17-9-3-4-16(17)11-18(12)15-7-5-14(6-8-15)13(2)19/h5-8,12,16H,3-4,9-11H2,1-2H3. The first kappa shape index (κ1) is 12.7. The minimum Gasteiger partial charge on any atom is -0.366 e. The summed E-state index contributed by atoms with van der Waals surface area (Å²) in [6.45, 7) is 7.48. The van der Waals surface area contributed by atoms with Crippen LogP contribution in [0.4, 0.5) is 5.69 Å². The molecule has 19 heavy (non-hydrogen) atoms. The highest BCUT2D eigenvalue weighted by atomic mass is 16.1. The minimum absolute atomic E-state index is 0.139. The third-order valence-electron chi connectivity index (χ3n) is 4.54. The van der Waals surface area contributed by atoms with Gasteiger partial charge in [0, 0.05) is 36.4 Å². The molecule has 1 aromatic carbocycles. The van der Waals surface area contributed by atoms with E-state index in [9.17, 15) is 4.79 Å². The van der Waals surface area contributed by atoms with Crippen molar-refractivity contribution in [2.24, 2.45) is 0 Å². The Kier molecular flexibility index (Phi) is 3.31. The van der Waals surface area contributed by atoms with Crippen LogP contribution in [0, 0.1) is 0 Å². The lowest BCUT2D eigenvalue weighted by molar-refractivity contribution is 0.101. The molecule has 2 aliphatic heterocycles. The smallest absolute Gasteiger partial charge is 0.159 e. The first-order valence-electron chi connectivity index (χ1n) is 7.27. The maximum absolute atomic E-state index is 11.3. The molecule has 3 rings (SSSR count). The van der Waals surface area contributed by atoms with Crippen LogP contribution in [-0.4, -0.2) is 42.4 Å². The predicted molar refractivity (Wildman–Crippen MR) is 77.8 cm³/mol. The molecule has 3 heteroatoms. The van der Waals surface area contributed by atoms with Gasteiger partial charge in [-0.1, -0.05) is 0 Å². The molecule has 1 aromatic rings. The Morgan fingerprint density at radius 2 is 1.95 bits per heavy atom. The van der Waals surface area contributed by atoms with Crippen LogP contribution in [0.2, 0.25) is 0 Å². The number of Topliss-reactive ketones (excluding diaryl/α,β-unsaturated/α-hetero) is 1. The normalized spacial score (nSPS) is 27.4. The fraction of sp³-hybridized carbons (Fsp3) is 0.562. The molecule has 0 aliphatic carbocycles. The number of anilines is 1. The Balaban J connectivity index is 1.79. The Hall–Kier alpha value is -1.35. The molecule has 102 valence electrons. The average Bonchev–Trinajstić information content (AvgIpc) is 2.85. The summed E-state index contributed by atoms with van der Waals surface area (Å²) in [5, 5.41) is 0. The molecule has 0 saturated carbocycles. The van der Waals surface area contributed by atoms with Crippen LogP contribution in [0.15, 0.2) is 24.3 Å². The van der Waals surface area contributed by atoms with Crippen molar-refractivity contribution in [1.29, 1.82) is 0 Å². The van der Waals surface area contributed by atoms with Gasteiger partial charge < -0.3 is 4.90 Å². The lowest BCUT2D eigenvalue weighted by Crippen LogP contribution is -2.55. The summed E-state index contributed by atoms with van der Waals surface area (Å²) in [6, 6.07) is 9.37. The second kappa shape index (κ2) is 4.97. The van der Waals surface area contributed by atoms with Crippen molar-refractivity contribution >= 4 is 11.5 Å². The van der Waals surface area contributed by atoms with Gasteiger partial charge in [-0.15, -0.1) is 0 Å². The number of rotatable bonds is 2. The highest BCUT2D eigenvalue weighted by Crippen LogP contribution is 2.28. The number of ketones is 1. The van der Waals surface area contributed by atoms with Crippen LogP contribution >= 0.6 is 0 Å². The van der Waals surface area contributed by atoms with Gasteiger partial charge in [0.25, 0.3) is 0 Å². The number of hydrogen-bond acceptors (Lipinski definition) is 3. The van der Waals surface area contributed by atoms with Crippen molar-refractivity contribution in [2.75, 3.05) is 24.5 Å². The molecule has 2 fully saturated rings. The molecule has 0 spiro atoms. The summed E-state index contributed by atoms with van der Waals surface area (Å²) >= 11 is 0. The Morgan fingerprint density at radius 3 is 2.63 bits per heavy atom. The number of hydrogen-bond donors (Lipinski definition) is 0. The zero-order valence-electron chi connectivity index (χ0n) is 11.8. The molecule has 0 N–H and O–H groups in total. The molecule has 0 amide bonds. The number of piperazine rings is 1. The van der Waals surface area contributed by atoms with Crippen molar-refractivity contribution in [2.45, 2.75) is 38.8 Å². The fourth-order valence-electron chi connectivity index (χ4n) is 3.43. The van der Waals surface area contributed by atoms with Crippen LogP contribution in [0.3, 0.4) is 0 Å². The van der Waals surface area contributed by atoms with Crippen LogP contribution in [0.1, 0.15) is 37.0 Å². The van der Waals surface area contributed by atoms with Gasteiger partial charge in [0.15, 0.2) is 5.78 Å². The topological polar surface area (TPSA) is 23.6 Å². The van der Waals surface area contributed by atoms with Gasteiger partial charge in [0.1, 0.15) is 0 Å². The lowest BCUT2D eigenvalue weighted by Gasteiger charge is -2.43. The summed E-state index contributed by atoms with van der Waals surface area (Å²) in [6.07, 6.45) is 2.67. The van der Waals surface area contributed by atoms with Crippen LogP contribution < -0.4 is 4.90 Å². The van der Waals surface area contributed by atoms with E-state index in [2.05, 4.69) is 28.9 Å². The van der Waals surface area contributed by atoms with E-state index >= 15 is 0 Å². The van der Waals surface area contributed by atoms with E-state index < -0.39 is 0 Å². The first-order chi connectivity index (χ1) is 9.15. The summed E-state index contributed by atoms with van der Waals surface area (Å²) < 4.78 is 0. The maximum Gasteiger partial charge on any atom is 0.159 e. The molecule has 2 heterocycles. The number of nitrogens with zero attached hydrogens (tertiary/aromatic N) is 2. The van der Waals surface area contributed by atoms with Crippen LogP contribution in [0.5, 0.6) is 0 Å². The zero-order valence-corrected chi connectivity index (χ0v) is 11.8. The average molecular weight is 258 g/mol. The number of benzene rings is 1. The monoisotopic (exact) mass is 258 g/mol. The van der Waals surface area contributed by atoms with E-state index in [0.717, 1.165) is 18.2 Å². The molecule has 2 aliphatic rings. The van der Waals surface area contributed by atoms with Gasteiger partial charge >= 0.3 is 0 Å². The zero-order chi connectivity index (χ0) is 13.4. The Bertz CT molecular complexity index is 468. The third-order valence-corrected chi connectivity index (χ3v) is 4.54. The molecule has 0 bridgehead atoms. The van der Waals surface area contributed by atoms with E-state index in [-0.39, 0.29) is 5.78 Å². The molecule has 0 aromatic heterocycles. The van der Waals surface area contributed by atoms with Crippen molar-refractivity contribution in [3.63, 3.8) is 0 Å². The number of fused-ring (bicyclic) bond motifs is 1. The third kappa shape index (κ3) is 2.39. The first-order valence-corrected chi connectivity index (χ1v) is 7.27. The van der Waals surface area contributed by atoms with Crippen molar-refractivity contribution in [1.82, 2.24) is 4.90 Å². The van der Waals surface area contributed by atoms with Gasteiger partial charge in [-0.2, -0.15) is 0 Å². The second-order valence-electron chi connectivity index (χ2n) is 5.90. The van der Waals surface area contributed by atoms with Crippen LogP contribution in [0.25, 0.3) is 0 Å². The van der Waals surface area contributed by atoms with Crippen LogP contribution in [-0.2, 0) is 0 Å². The van der Waals surface area contributed by atoms with Crippen molar-refractivity contribution < 1.29 is 4.79 Å². The van der Waals surface area contributed by atoms with Crippen molar-refractivity contribution in [3.05, 3.63) is 29.8 Å². The Morgan fingerprint density at radius 1 is 1.21 bits per heavy atom. The van der Waals surface area contributed by atoms with Gasteiger partial charge in [-0.3, -0.25) is 9.69 Å². The molecule has 2 atom stereocenters. The van der Waals surface area contributed by atoms with E-state index in [1.807, 2.05) is 12.1 Å². The lowest BCUT2D eigenvalue weighted by atomic mass is 10.1.